The Morgan fingerprint density at radius 1 is 1.00 bits per heavy atom. The molecule has 1 N–H and O–H groups in total. The van der Waals surface area contributed by atoms with Gasteiger partial charge in [0, 0.05) is 6.54 Å². The fraction of sp³-hybridized carbons (Fsp3) is 0.909. The molecular formula is C11H23NO4. The van der Waals surface area contributed by atoms with E-state index in [1.807, 2.05) is 0 Å². The molecule has 0 aromatic heterocycles. The van der Waals surface area contributed by atoms with E-state index in [1.165, 1.54) is 6.92 Å². The molecule has 0 aromatic carbocycles. The van der Waals surface area contributed by atoms with Crippen LogP contribution in [-0.4, -0.2) is 58.5 Å². The van der Waals surface area contributed by atoms with Gasteiger partial charge in [-0.25, -0.2) is 0 Å². The maximum absolute atomic E-state index is 10.5. The van der Waals surface area contributed by atoms with Crippen molar-refractivity contribution in [1.29, 1.82) is 0 Å². The quantitative estimate of drug-likeness (QED) is 0.489. The molecule has 0 aliphatic heterocycles. The van der Waals surface area contributed by atoms with Crippen molar-refractivity contribution in [2.24, 2.45) is 0 Å². The highest BCUT2D eigenvalue weighted by atomic mass is 16.5. The number of carbonyl (C=O) groups excluding carboxylic acids is 1. The molecule has 0 aromatic rings. The van der Waals surface area contributed by atoms with Crippen molar-refractivity contribution in [3.63, 3.8) is 0 Å². The molecule has 16 heavy (non-hydrogen) atoms. The number of ketones is 1. The van der Waals surface area contributed by atoms with E-state index in [0.29, 0.717) is 33.0 Å². The number of carbonyl (C=O) groups is 1. The minimum absolute atomic E-state index is 0.0340. The van der Waals surface area contributed by atoms with E-state index in [1.54, 1.807) is 0 Å². The predicted molar refractivity (Wildman–Crippen MR) is 61.7 cm³/mol. The molecule has 0 fully saturated rings. The Bertz CT molecular complexity index is 164. The second-order valence-electron chi connectivity index (χ2n) is 3.33. The SMILES string of the molecule is CCNCCOCCOCCOCC(C)=O. The van der Waals surface area contributed by atoms with Gasteiger partial charge in [-0.15, -0.1) is 0 Å². The number of likely N-dealkylation sites (N-methyl/N-ethyl adjacent to an activating group) is 1. The minimum Gasteiger partial charge on any atom is -0.378 e. The second kappa shape index (κ2) is 12.6. The first-order valence-corrected chi connectivity index (χ1v) is 5.70. The first-order valence-electron chi connectivity index (χ1n) is 5.70. The number of rotatable bonds is 12. The summed E-state index contributed by atoms with van der Waals surface area (Å²) in [4.78, 5) is 10.5. The smallest absolute Gasteiger partial charge is 0.155 e. The molecular weight excluding hydrogens is 210 g/mol. The Balaban J connectivity index is 2.90. The summed E-state index contributed by atoms with van der Waals surface area (Å²) in [5.41, 5.74) is 0. The molecule has 0 heterocycles. The topological polar surface area (TPSA) is 56.8 Å². The number of nitrogens with one attached hydrogen (secondary N) is 1. The minimum atomic E-state index is 0.0340. The molecule has 0 saturated carbocycles. The van der Waals surface area contributed by atoms with E-state index in [4.69, 9.17) is 14.2 Å². The standard InChI is InChI=1S/C11H23NO4/c1-3-12-4-5-14-6-7-15-8-9-16-10-11(2)13/h12H,3-10H2,1-2H3. The van der Waals surface area contributed by atoms with Crippen LogP contribution in [0.15, 0.2) is 0 Å². The highest BCUT2D eigenvalue weighted by Gasteiger charge is 1.93. The van der Waals surface area contributed by atoms with Crippen molar-refractivity contribution in [3.8, 4) is 0 Å². The lowest BCUT2D eigenvalue weighted by atomic mass is 10.5. The summed E-state index contributed by atoms with van der Waals surface area (Å²) in [5.74, 6) is 0.0340. The Morgan fingerprint density at radius 2 is 1.56 bits per heavy atom. The third-order valence-electron chi connectivity index (χ3n) is 1.72. The summed E-state index contributed by atoms with van der Waals surface area (Å²) < 4.78 is 15.6. The fourth-order valence-corrected chi connectivity index (χ4v) is 0.977. The van der Waals surface area contributed by atoms with Gasteiger partial charge in [-0.2, -0.15) is 0 Å². The summed E-state index contributed by atoms with van der Waals surface area (Å²) in [7, 11) is 0. The van der Waals surface area contributed by atoms with E-state index in [0.717, 1.165) is 13.1 Å². The molecule has 0 rings (SSSR count). The van der Waals surface area contributed by atoms with Crippen LogP contribution in [0.5, 0.6) is 0 Å². The Morgan fingerprint density at radius 3 is 2.12 bits per heavy atom. The van der Waals surface area contributed by atoms with Crippen LogP contribution in [0.4, 0.5) is 0 Å². The molecule has 0 amide bonds. The van der Waals surface area contributed by atoms with Crippen LogP contribution in [0.2, 0.25) is 0 Å². The zero-order valence-corrected chi connectivity index (χ0v) is 10.3. The van der Waals surface area contributed by atoms with Gasteiger partial charge in [0.1, 0.15) is 6.61 Å². The second-order valence-corrected chi connectivity index (χ2v) is 3.33. The molecule has 0 atom stereocenters. The third-order valence-corrected chi connectivity index (χ3v) is 1.72. The molecule has 5 heteroatoms. The number of Topliss-reactive ketones (excluding diaryl/α,β-unsaturated/α-hetero) is 1. The fourth-order valence-electron chi connectivity index (χ4n) is 0.977. The van der Waals surface area contributed by atoms with Crippen LogP contribution >= 0.6 is 0 Å². The van der Waals surface area contributed by atoms with Crippen molar-refractivity contribution in [2.75, 3.05) is 52.7 Å². The summed E-state index contributed by atoms with van der Waals surface area (Å²) in [6, 6.07) is 0. The van der Waals surface area contributed by atoms with Crippen molar-refractivity contribution in [1.82, 2.24) is 5.32 Å². The molecule has 0 spiro atoms. The lowest BCUT2D eigenvalue weighted by molar-refractivity contribution is -0.122. The first-order chi connectivity index (χ1) is 7.77. The molecule has 0 unspecified atom stereocenters. The normalized spacial score (nSPS) is 10.6. The predicted octanol–water partition coefficient (Wildman–Crippen LogP) is 0.235. The molecule has 96 valence electrons. The van der Waals surface area contributed by atoms with Gasteiger partial charge in [0.05, 0.1) is 33.0 Å². The third kappa shape index (κ3) is 13.5. The average Bonchev–Trinajstić information content (AvgIpc) is 2.25. The Kier molecular flexibility index (Phi) is 12.2. The van der Waals surface area contributed by atoms with E-state index in [-0.39, 0.29) is 12.4 Å². The van der Waals surface area contributed by atoms with Crippen molar-refractivity contribution >= 4 is 5.78 Å². The van der Waals surface area contributed by atoms with Crippen LogP contribution in [0.1, 0.15) is 13.8 Å². The van der Waals surface area contributed by atoms with Crippen LogP contribution in [0, 0.1) is 0 Å². The van der Waals surface area contributed by atoms with Crippen LogP contribution in [0.25, 0.3) is 0 Å². The van der Waals surface area contributed by atoms with Gasteiger partial charge in [-0.1, -0.05) is 6.92 Å². The Labute approximate surface area is 97.4 Å². The van der Waals surface area contributed by atoms with Gasteiger partial charge in [-0.3, -0.25) is 4.79 Å². The molecule has 0 radical (unpaired) electrons. The van der Waals surface area contributed by atoms with E-state index < -0.39 is 0 Å². The number of hydrogen-bond donors (Lipinski definition) is 1. The van der Waals surface area contributed by atoms with Crippen LogP contribution < -0.4 is 5.32 Å². The zero-order chi connectivity index (χ0) is 12.1. The van der Waals surface area contributed by atoms with Gasteiger partial charge in [-0.05, 0) is 13.5 Å². The molecule has 0 aliphatic carbocycles. The van der Waals surface area contributed by atoms with Crippen molar-refractivity contribution < 1.29 is 19.0 Å². The Hall–Kier alpha value is -0.490. The highest BCUT2D eigenvalue weighted by Crippen LogP contribution is 1.81. The molecule has 5 nitrogen and oxygen atoms in total. The summed E-state index contributed by atoms with van der Waals surface area (Å²) in [5, 5.41) is 3.16. The summed E-state index contributed by atoms with van der Waals surface area (Å²) >= 11 is 0. The largest absolute Gasteiger partial charge is 0.378 e. The molecule has 0 saturated heterocycles. The highest BCUT2D eigenvalue weighted by molar-refractivity contribution is 5.76. The maximum atomic E-state index is 10.5. The van der Waals surface area contributed by atoms with E-state index in [9.17, 15) is 4.79 Å². The maximum Gasteiger partial charge on any atom is 0.155 e. The molecule has 0 aliphatic rings. The summed E-state index contributed by atoms with van der Waals surface area (Å²) in [6.07, 6.45) is 0. The van der Waals surface area contributed by atoms with E-state index >= 15 is 0 Å². The van der Waals surface area contributed by atoms with Gasteiger partial charge < -0.3 is 19.5 Å². The number of ether oxygens (including phenoxy) is 3. The average molecular weight is 233 g/mol. The first kappa shape index (κ1) is 15.5. The summed E-state index contributed by atoms with van der Waals surface area (Å²) in [6.45, 7) is 8.39. The lowest BCUT2D eigenvalue weighted by Crippen LogP contribution is -2.20. The number of hydrogen-bond acceptors (Lipinski definition) is 5. The lowest BCUT2D eigenvalue weighted by Gasteiger charge is -2.06. The van der Waals surface area contributed by atoms with Crippen molar-refractivity contribution in [2.45, 2.75) is 13.8 Å². The van der Waals surface area contributed by atoms with Gasteiger partial charge >= 0.3 is 0 Å². The van der Waals surface area contributed by atoms with E-state index in [2.05, 4.69) is 12.2 Å². The zero-order valence-electron chi connectivity index (χ0n) is 10.3. The van der Waals surface area contributed by atoms with Crippen LogP contribution in [0.3, 0.4) is 0 Å². The van der Waals surface area contributed by atoms with Gasteiger partial charge in [0.15, 0.2) is 5.78 Å². The van der Waals surface area contributed by atoms with Gasteiger partial charge in [0.25, 0.3) is 0 Å². The monoisotopic (exact) mass is 233 g/mol. The van der Waals surface area contributed by atoms with Crippen LogP contribution in [-0.2, 0) is 19.0 Å². The molecule has 0 bridgehead atoms. The van der Waals surface area contributed by atoms with Gasteiger partial charge in [0.2, 0.25) is 0 Å². The van der Waals surface area contributed by atoms with Crippen molar-refractivity contribution in [3.05, 3.63) is 0 Å².